The Hall–Kier alpha value is -8.20. The summed E-state index contributed by atoms with van der Waals surface area (Å²) in [6.45, 7) is 20.0. The van der Waals surface area contributed by atoms with Crippen molar-refractivity contribution in [3.63, 3.8) is 0 Å². The second-order valence-electron chi connectivity index (χ2n) is 24.6. The predicted molar refractivity (Wildman–Crippen MR) is 361 cm³/mol. The molecule has 0 saturated heterocycles. The molecule has 0 saturated carbocycles. The van der Waals surface area contributed by atoms with Crippen LogP contribution >= 0.6 is 0 Å². The van der Waals surface area contributed by atoms with Crippen molar-refractivity contribution in [3.8, 4) is 67.1 Å². The summed E-state index contributed by atoms with van der Waals surface area (Å²) in [6.07, 6.45) is 9.42. The third-order valence-electron chi connectivity index (χ3n) is 18.5. The molecule has 0 bridgehead atoms. The number of ether oxygens (including phenoxy) is 2. The van der Waals surface area contributed by atoms with E-state index in [0.717, 1.165) is 53.2 Å². The van der Waals surface area contributed by atoms with E-state index < -0.39 is 0 Å². The Morgan fingerprint density at radius 2 is 0.655 bits per heavy atom. The Morgan fingerprint density at radius 1 is 0.310 bits per heavy atom. The number of fused-ring (bicyclic) bond motifs is 6. The first-order valence-electron chi connectivity index (χ1n) is 31.3. The molecule has 0 amide bonds. The third-order valence-corrected chi connectivity index (χ3v) is 18.5. The standard InChI is InChI=1S/C82H84O2/c1-9-13-27-57(11-3)55-83-69-47-39-62(40-48-69)77-75(60-29-19-15-20-30-60)76(61-31-21-16-22-32-61)78(63-41-49-70(50-42-63)84-56-58(12-4)28-14-10-2)80-74-54-68(82(7,8)66-35-25-18-26-36-66)46-52-72(74)71-51-43-64(53-73(71)79(77)80)59-37-44-67(45-38-59)81(5,6)65-33-23-17-24-34-65/h15-26,29-54,57-58H,9-14,27-28,55-56H2,1-8H3. The van der Waals surface area contributed by atoms with E-state index in [1.165, 1.54) is 126 Å². The molecule has 2 nitrogen and oxygen atoms in total. The van der Waals surface area contributed by atoms with Crippen molar-refractivity contribution in [3.05, 3.63) is 253 Å². The maximum atomic E-state index is 6.70. The quantitative estimate of drug-likeness (QED) is 0.0594. The fourth-order valence-electron chi connectivity index (χ4n) is 13.0. The summed E-state index contributed by atoms with van der Waals surface area (Å²) in [5.41, 5.74) is 16.5. The fraction of sp³-hybridized carbons (Fsp3) is 0.268. The molecule has 424 valence electrons. The van der Waals surface area contributed by atoms with Crippen LogP contribution in [-0.4, -0.2) is 13.2 Å². The van der Waals surface area contributed by atoms with Gasteiger partial charge in [-0.05, 0) is 171 Å². The van der Waals surface area contributed by atoms with Gasteiger partial charge in [-0.2, -0.15) is 0 Å². The second-order valence-corrected chi connectivity index (χ2v) is 24.6. The minimum atomic E-state index is -0.299. The molecule has 2 heteroatoms. The highest BCUT2D eigenvalue weighted by Crippen LogP contribution is 2.55. The van der Waals surface area contributed by atoms with E-state index in [0.29, 0.717) is 18.4 Å². The van der Waals surface area contributed by atoms with Gasteiger partial charge in [-0.25, -0.2) is 0 Å². The van der Waals surface area contributed by atoms with Crippen molar-refractivity contribution in [2.45, 2.75) is 118 Å². The lowest BCUT2D eigenvalue weighted by molar-refractivity contribution is 0.233. The Bertz CT molecular complexity index is 3950. The Labute approximate surface area is 501 Å². The zero-order valence-electron chi connectivity index (χ0n) is 51.0. The topological polar surface area (TPSA) is 18.5 Å². The van der Waals surface area contributed by atoms with Crippen molar-refractivity contribution >= 4 is 32.3 Å². The van der Waals surface area contributed by atoms with E-state index in [4.69, 9.17) is 9.47 Å². The molecule has 84 heavy (non-hydrogen) atoms. The van der Waals surface area contributed by atoms with E-state index in [-0.39, 0.29) is 10.8 Å². The summed E-state index contributed by atoms with van der Waals surface area (Å²) in [5, 5.41) is 7.35. The molecule has 11 aromatic rings. The molecular formula is C82H84O2. The highest BCUT2D eigenvalue weighted by molar-refractivity contribution is 6.35. The van der Waals surface area contributed by atoms with Crippen molar-refractivity contribution in [2.75, 3.05) is 13.2 Å². The van der Waals surface area contributed by atoms with Crippen LogP contribution in [0.1, 0.15) is 129 Å². The van der Waals surface area contributed by atoms with Crippen LogP contribution in [0.2, 0.25) is 0 Å². The van der Waals surface area contributed by atoms with E-state index in [9.17, 15) is 0 Å². The van der Waals surface area contributed by atoms with Gasteiger partial charge in [0.15, 0.2) is 0 Å². The van der Waals surface area contributed by atoms with Crippen LogP contribution in [0.3, 0.4) is 0 Å². The van der Waals surface area contributed by atoms with Gasteiger partial charge >= 0.3 is 0 Å². The SMILES string of the molecule is CCCCC(CC)COc1ccc(-c2c(-c3ccccc3)c(-c3ccccc3)c(-c3ccc(OCC(CC)CCCC)cc3)c3c4cc(C(C)(C)c5ccccc5)ccc4c4ccc(-c5ccc(C(C)(C)c6ccccc6)cc5)cc4c23)cc1. The molecule has 0 aliphatic rings. The highest BCUT2D eigenvalue weighted by Gasteiger charge is 2.30. The first-order valence-corrected chi connectivity index (χ1v) is 31.3. The maximum Gasteiger partial charge on any atom is 0.119 e. The zero-order valence-corrected chi connectivity index (χ0v) is 51.0. The average Bonchev–Trinajstić information content (AvgIpc) is 0.772. The van der Waals surface area contributed by atoms with Crippen molar-refractivity contribution in [2.24, 2.45) is 11.8 Å². The molecule has 0 aromatic heterocycles. The largest absolute Gasteiger partial charge is 0.493 e. The van der Waals surface area contributed by atoms with E-state index in [2.05, 4.69) is 286 Å². The van der Waals surface area contributed by atoms with Crippen LogP contribution in [0.4, 0.5) is 0 Å². The smallest absolute Gasteiger partial charge is 0.119 e. The summed E-state index contributed by atoms with van der Waals surface area (Å²) in [7, 11) is 0. The van der Waals surface area contributed by atoms with E-state index >= 15 is 0 Å². The molecule has 0 fully saturated rings. The zero-order chi connectivity index (χ0) is 58.2. The third kappa shape index (κ3) is 11.8. The summed E-state index contributed by atoms with van der Waals surface area (Å²) >= 11 is 0. The van der Waals surface area contributed by atoms with Crippen LogP contribution < -0.4 is 9.47 Å². The minimum Gasteiger partial charge on any atom is -0.493 e. The van der Waals surface area contributed by atoms with Crippen LogP contribution in [0, 0.1) is 11.8 Å². The van der Waals surface area contributed by atoms with Gasteiger partial charge in [-0.15, -0.1) is 0 Å². The average molecular weight is 1100 g/mol. The van der Waals surface area contributed by atoms with Gasteiger partial charge in [-0.1, -0.05) is 288 Å². The van der Waals surface area contributed by atoms with E-state index in [1.54, 1.807) is 0 Å². The molecule has 0 spiro atoms. The predicted octanol–water partition coefficient (Wildman–Crippen LogP) is 23.3. The monoisotopic (exact) mass is 1100 g/mol. The van der Waals surface area contributed by atoms with Gasteiger partial charge in [0, 0.05) is 10.8 Å². The lowest BCUT2D eigenvalue weighted by Crippen LogP contribution is -2.18. The lowest BCUT2D eigenvalue weighted by Gasteiger charge is -2.29. The molecule has 2 unspecified atom stereocenters. The van der Waals surface area contributed by atoms with E-state index in [1.807, 2.05) is 0 Å². The van der Waals surface area contributed by atoms with Gasteiger partial charge in [0.05, 0.1) is 13.2 Å². The Morgan fingerprint density at radius 3 is 1.08 bits per heavy atom. The molecule has 2 atom stereocenters. The molecule has 0 radical (unpaired) electrons. The molecule has 11 aromatic carbocycles. The fourth-order valence-corrected chi connectivity index (χ4v) is 13.0. The van der Waals surface area contributed by atoms with Crippen molar-refractivity contribution in [1.82, 2.24) is 0 Å². The van der Waals surface area contributed by atoms with Crippen LogP contribution in [0.15, 0.2) is 231 Å². The van der Waals surface area contributed by atoms with Gasteiger partial charge in [-0.3, -0.25) is 0 Å². The highest BCUT2D eigenvalue weighted by atomic mass is 16.5. The molecule has 0 N–H and O–H groups in total. The maximum absolute atomic E-state index is 6.70. The molecule has 0 heterocycles. The summed E-state index contributed by atoms with van der Waals surface area (Å²) in [6, 6.07) is 86.4. The summed E-state index contributed by atoms with van der Waals surface area (Å²) in [4.78, 5) is 0. The molecule has 0 aliphatic heterocycles. The second kappa shape index (κ2) is 25.7. The lowest BCUT2D eigenvalue weighted by atomic mass is 9.74. The van der Waals surface area contributed by atoms with Crippen molar-refractivity contribution < 1.29 is 9.47 Å². The number of hydrogen-bond donors (Lipinski definition) is 0. The first kappa shape index (κ1) is 57.6. The Kier molecular flexibility index (Phi) is 17.7. The number of benzene rings is 11. The van der Waals surface area contributed by atoms with Gasteiger partial charge in [0.25, 0.3) is 0 Å². The van der Waals surface area contributed by atoms with Crippen LogP contribution in [-0.2, 0) is 10.8 Å². The summed E-state index contributed by atoms with van der Waals surface area (Å²) < 4.78 is 13.4. The number of unbranched alkanes of at least 4 members (excludes halogenated alkanes) is 2. The normalized spacial score (nSPS) is 12.7. The number of hydrogen-bond acceptors (Lipinski definition) is 2. The minimum absolute atomic E-state index is 0.161. The van der Waals surface area contributed by atoms with Crippen molar-refractivity contribution in [1.29, 1.82) is 0 Å². The summed E-state index contributed by atoms with van der Waals surface area (Å²) in [5.74, 6) is 2.86. The molecular weight excluding hydrogens is 1020 g/mol. The molecule has 11 rings (SSSR count). The van der Waals surface area contributed by atoms with Gasteiger partial charge in [0.1, 0.15) is 11.5 Å². The van der Waals surface area contributed by atoms with Gasteiger partial charge in [0.2, 0.25) is 0 Å². The van der Waals surface area contributed by atoms with Crippen LogP contribution in [0.25, 0.3) is 88.0 Å². The van der Waals surface area contributed by atoms with Gasteiger partial charge < -0.3 is 9.47 Å². The Balaban J connectivity index is 1.26. The number of rotatable bonds is 23. The van der Waals surface area contributed by atoms with Crippen LogP contribution in [0.5, 0.6) is 11.5 Å². The molecule has 0 aliphatic carbocycles. The first-order chi connectivity index (χ1) is 41.0.